The second-order valence-corrected chi connectivity index (χ2v) is 7.61. The van der Waals surface area contributed by atoms with Gasteiger partial charge in [0, 0.05) is 31.0 Å². The van der Waals surface area contributed by atoms with Gasteiger partial charge in [0.25, 0.3) is 5.91 Å². The molecule has 0 spiro atoms. The van der Waals surface area contributed by atoms with Crippen LogP contribution in [-0.2, 0) is 23.1 Å². The maximum absolute atomic E-state index is 12.3. The van der Waals surface area contributed by atoms with Crippen LogP contribution in [0.15, 0.2) is 70.7 Å². The molecule has 0 radical (unpaired) electrons. The number of aromatic nitrogens is 2. The van der Waals surface area contributed by atoms with E-state index in [0.717, 1.165) is 13.0 Å². The minimum absolute atomic E-state index is 0.0640. The van der Waals surface area contributed by atoms with Crippen LogP contribution in [0.3, 0.4) is 0 Å². The van der Waals surface area contributed by atoms with Crippen molar-refractivity contribution < 1.29 is 17.6 Å². The number of hydrogen-bond acceptors (Lipinski definition) is 5. The van der Waals surface area contributed by atoms with Crippen molar-refractivity contribution in [1.82, 2.24) is 19.6 Å². The first kappa shape index (κ1) is 18.9. The van der Waals surface area contributed by atoms with E-state index in [4.69, 9.17) is 4.42 Å². The zero-order valence-corrected chi connectivity index (χ0v) is 15.4. The van der Waals surface area contributed by atoms with Gasteiger partial charge in [-0.1, -0.05) is 0 Å². The van der Waals surface area contributed by atoms with Crippen LogP contribution in [0, 0.1) is 0 Å². The fraction of sp³-hybridized carbons (Fsp3) is 0.222. The Hall–Kier alpha value is -2.91. The van der Waals surface area contributed by atoms with E-state index >= 15 is 0 Å². The summed E-state index contributed by atoms with van der Waals surface area (Å²) in [6.45, 7) is 1.34. The van der Waals surface area contributed by atoms with Gasteiger partial charge in [-0.15, -0.1) is 0 Å². The SMILES string of the molecule is O=C(NCCCn1ccnc1)c1ccc(S(=O)(=O)NCc2ccco2)cc1. The number of carbonyl (C=O) groups excluding carboxylic acids is 1. The van der Waals surface area contributed by atoms with Crippen molar-refractivity contribution in [3.63, 3.8) is 0 Å². The van der Waals surface area contributed by atoms with Gasteiger partial charge in [0.2, 0.25) is 10.0 Å². The van der Waals surface area contributed by atoms with Crippen LogP contribution in [0.4, 0.5) is 0 Å². The minimum atomic E-state index is -3.68. The van der Waals surface area contributed by atoms with Crippen LogP contribution in [0.2, 0.25) is 0 Å². The molecule has 0 unspecified atom stereocenters. The number of hydrogen-bond donors (Lipinski definition) is 2. The zero-order chi connectivity index (χ0) is 19.1. The molecular formula is C18H20N4O4S. The van der Waals surface area contributed by atoms with E-state index in [-0.39, 0.29) is 17.3 Å². The molecule has 0 aliphatic heterocycles. The molecule has 3 rings (SSSR count). The molecule has 0 aliphatic carbocycles. The van der Waals surface area contributed by atoms with Crippen LogP contribution in [0.25, 0.3) is 0 Å². The molecule has 0 aliphatic rings. The second-order valence-electron chi connectivity index (χ2n) is 5.84. The van der Waals surface area contributed by atoms with Gasteiger partial charge in [-0.25, -0.2) is 18.1 Å². The summed E-state index contributed by atoms with van der Waals surface area (Å²) >= 11 is 0. The summed E-state index contributed by atoms with van der Waals surface area (Å²) in [5.41, 5.74) is 0.405. The van der Waals surface area contributed by atoms with Crippen molar-refractivity contribution in [3.8, 4) is 0 Å². The van der Waals surface area contributed by atoms with Crippen molar-refractivity contribution in [3.05, 3.63) is 72.7 Å². The summed E-state index contributed by atoms with van der Waals surface area (Å²) in [5.74, 6) is 0.276. The van der Waals surface area contributed by atoms with Crippen molar-refractivity contribution in [2.45, 2.75) is 24.4 Å². The number of aryl methyl sites for hydroxylation is 1. The summed E-state index contributed by atoms with van der Waals surface area (Å²) in [7, 11) is -3.68. The zero-order valence-electron chi connectivity index (χ0n) is 14.5. The lowest BCUT2D eigenvalue weighted by Crippen LogP contribution is -2.26. The molecule has 0 saturated carbocycles. The molecule has 0 saturated heterocycles. The Labute approximate surface area is 157 Å². The predicted molar refractivity (Wildman–Crippen MR) is 98.4 cm³/mol. The van der Waals surface area contributed by atoms with Crippen LogP contribution >= 0.6 is 0 Å². The number of nitrogens with zero attached hydrogens (tertiary/aromatic N) is 2. The summed E-state index contributed by atoms with van der Waals surface area (Å²) in [6, 6.07) is 9.17. The lowest BCUT2D eigenvalue weighted by atomic mass is 10.2. The first-order valence-corrected chi connectivity index (χ1v) is 9.89. The Morgan fingerprint density at radius 3 is 2.67 bits per heavy atom. The Morgan fingerprint density at radius 2 is 2.00 bits per heavy atom. The van der Waals surface area contributed by atoms with Gasteiger partial charge in [-0.2, -0.15) is 0 Å². The van der Waals surface area contributed by atoms with Crippen molar-refractivity contribution in [1.29, 1.82) is 0 Å². The fourth-order valence-corrected chi connectivity index (χ4v) is 3.43. The molecule has 2 heterocycles. The Bertz CT molecular complexity index is 949. The van der Waals surface area contributed by atoms with Crippen LogP contribution in [0.5, 0.6) is 0 Å². The number of furan rings is 1. The quantitative estimate of drug-likeness (QED) is 0.544. The molecule has 142 valence electrons. The van der Waals surface area contributed by atoms with Crippen molar-refractivity contribution in [2.24, 2.45) is 0 Å². The van der Waals surface area contributed by atoms with E-state index in [2.05, 4.69) is 15.0 Å². The summed E-state index contributed by atoms with van der Waals surface area (Å²) in [4.78, 5) is 16.2. The van der Waals surface area contributed by atoms with E-state index in [1.165, 1.54) is 30.5 Å². The number of amides is 1. The normalized spacial score (nSPS) is 11.4. The topological polar surface area (TPSA) is 106 Å². The minimum Gasteiger partial charge on any atom is -0.468 e. The van der Waals surface area contributed by atoms with Gasteiger partial charge in [-0.05, 0) is 42.8 Å². The van der Waals surface area contributed by atoms with Gasteiger partial charge in [-0.3, -0.25) is 4.79 Å². The predicted octanol–water partition coefficient (Wildman–Crippen LogP) is 1.77. The third kappa shape index (κ3) is 5.28. The van der Waals surface area contributed by atoms with Gasteiger partial charge in [0.15, 0.2) is 0 Å². The Kier molecular flexibility index (Phi) is 6.05. The second kappa shape index (κ2) is 8.65. The molecular weight excluding hydrogens is 368 g/mol. The first-order valence-electron chi connectivity index (χ1n) is 8.41. The largest absolute Gasteiger partial charge is 0.468 e. The third-order valence-corrected chi connectivity index (χ3v) is 5.30. The van der Waals surface area contributed by atoms with Crippen molar-refractivity contribution in [2.75, 3.05) is 6.54 Å². The average molecular weight is 388 g/mol. The van der Waals surface area contributed by atoms with Crippen LogP contribution in [-0.4, -0.2) is 30.4 Å². The summed E-state index contributed by atoms with van der Waals surface area (Å²) in [6.07, 6.45) is 7.54. The van der Waals surface area contributed by atoms with E-state index in [9.17, 15) is 13.2 Å². The molecule has 2 N–H and O–H groups in total. The molecule has 0 atom stereocenters. The number of benzene rings is 1. The van der Waals surface area contributed by atoms with Crippen molar-refractivity contribution >= 4 is 15.9 Å². The van der Waals surface area contributed by atoms with E-state index in [1.54, 1.807) is 24.7 Å². The highest BCUT2D eigenvalue weighted by atomic mass is 32.2. The molecule has 9 heteroatoms. The molecule has 3 aromatic rings. The third-order valence-electron chi connectivity index (χ3n) is 3.88. The summed E-state index contributed by atoms with van der Waals surface area (Å²) < 4.78 is 34.0. The molecule has 8 nitrogen and oxygen atoms in total. The highest BCUT2D eigenvalue weighted by molar-refractivity contribution is 7.89. The van der Waals surface area contributed by atoms with Gasteiger partial charge in [0.1, 0.15) is 5.76 Å². The molecule has 2 aromatic heterocycles. The standard InChI is InChI=1S/C18H20N4O4S/c23-18(20-8-2-10-22-11-9-19-14-22)15-4-6-17(7-5-15)27(24,25)21-13-16-3-1-12-26-16/h1,3-7,9,11-12,14,21H,2,8,10,13H2,(H,20,23). The van der Waals surface area contributed by atoms with Gasteiger partial charge in [0.05, 0.1) is 24.0 Å². The number of nitrogens with one attached hydrogen (secondary N) is 2. The fourth-order valence-electron chi connectivity index (χ4n) is 2.43. The molecule has 27 heavy (non-hydrogen) atoms. The number of imidazole rings is 1. The highest BCUT2D eigenvalue weighted by Crippen LogP contribution is 2.12. The molecule has 0 bridgehead atoms. The van der Waals surface area contributed by atoms with Gasteiger partial charge < -0.3 is 14.3 Å². The Balaban J connectivity index is 1.50. The lowest BCUT2D eigenvalue weighted by molar-refractivity contribution is 0.0952. The number of sulfonamides is 1. The maximum Gasteiger partial charge on any atom is 0.251 e. The maximum atomic E-state index is 12.3. The monoisotopic (exact) mass is 388 g/mol. The van der Waals surface area contributed by atoms with E-state index < -0.39 is 10.0 Å². The van der Waals surface area contributed by atoms with Gasteiger partial charge >= 0.3 is 0 Å². The Morgan fingerprint density at radius 1 is 1.19 bits per heavy atom. The van der Waals surface area contributed by atoms with E-state index in [0.29, 0.717) is 17.9 Å². The first-order chi connectivity index (χ1) is 13.0. The number of carbonyl (C=O) groups is 1. The number of rotatable bonds is 9. The highest BCUT2D eigenvalue weighted by Gasteiger charge is 2.15. The molecule has 1 aromatic carbocycles. The van der Waals surface area contributed by atoms with Crippen LogP contribution < -0.4 is 10.0 Å². The molecule has 0 fully saturated rings. The van der Waals surface area contributed by atoms with Crippen LogP contribution in [0.1, 0.15) is 22.5 Å². The smallest absolute Gasteiger partial charge is 0.251 e. The summed E-state index contributed by atoms with van der Waals surface area (Å²) in [5, 5.41) is 2.81. The average Bonchev–Trinajstić information content (AvgIpc) is 3.37. The molecule has 1 amide bonds. The van der Waals surface area contributed by atoms with E-state index in [1.807, 2.05) is 10.8 Å². The lowest BCUT2D eigenvalue weighted by Gasteiger charge is -2.08.